The molecule has 3 heteroatoms. The molecule has 0 aromatic carbocycles. The minimum atomic E-state index is 0.686. The molecule has 124 valence electrons. The predicted molar refractivity (Wildman–Crippen MR) is 91.6 cm³/mol. The molecule has 2 rings (SSSR count). The highest BCUT2D eigenvalue weighted by Crippen LogP contribution is 2.34. The summed E-state index contributed by atoms with van der Waals surface area (Å²) in [4.78, 5) is 5.26. The Morgan fingerprint density at radius 1 is 1.10 bits per heavy atom. The van der Waals surface area contributed by atoms with Crippen molar-refractivity contribution in [1.29, 1.82) is 0 Å². The van der Waals surface area contributed by atoms with Crippen LogP contribution in [0, 0.1) is 17.8 Å². The predicted octanol–water partition coefficient (Wildman–Crippen LogP) is 2.67. The van der Waals surface area contributed by atoms with E-state index in [0.717, 1.165) is 23.8 Å². The van der Waals surface area contributed by atoms with Crippen LogP contribution in [-0.4, -0.2) is 61.7 Å². The van der Waals surface area contributed by atoms with Gasteiger partial charge in [-0.3, -0.25) is 9.80 Å². The van der Waals surface area contributed by atoms with Gasteiger partial charge in [0, 0.05) is 37.8 Å². The first kappa shape index (κ1) is 17.2. The summed E-state index contributed by atoms with van der Waals surface area (Å²) < 4.78 is 0. The van der Waals surface area contributed by atoms with E-state index in [1.807, 2.05) is 0 Å². The van der Waals surface area contributed by atoms with Gasteiger partial charge in [0.25, 0.3) is 0 Å². The summed E-state index contributed by atoms with van der Waals surface area (Å²) in [6.45, 7) is 13.3. The van der Waals surface area contributed by atoms with Crippen LogP contribution in [0.25, 0.3) is 0 Å². The summed E-state index contributed by atoms with van der Waals surface area (Å²) in [5.41, 5.74) is 0. The third-order valence-electron chi connectivity index (χ3n) is 6.26. The minimum Gasteiger partial charge on any atom is -0.317 e. The van der Waals surface area contributed by atoms with Crippen molar-refractivity contribution in [2.75, 3.05) is 33.7 Å². The van der Waals surface area contributed by atoms with E-state index in [9.17, 15) is 0 Å². The molecule has 21 heavy (non-hydrogen) atoms. The first-order chi connectivity index (χ1) is 9.92. The fourth-order valence-corrected chi connectivity index (χ4v) is 4.48. The topological polar surface area (TPSA) is 18.5 Å². The van der Waals surface area contributed by atoms with Crippen molar-refractivity contribution >= 4 is 0 Å². The lowest BCUT2D eigenvalue weighted by Crippen LogP contribution is -2.57. The molecular formula is C18H37N3. The molecule has 3 nitrogen and oxygen atoms in total. The fraction of sp³-hybridized carbons (Fsp3) is 1.00. The lowest BCUT2D eigenvalue weighted by Gasteiger charge is -2.46. The minimum absolute atomic E-state index is 0.686. The van der Waals surface area contributed by atoms with Crippen molar-refractivity contribution in [1.82, 2.24) is 15.1 Å². The summed E-state index contributed by atoms with van der Waals surface area (Å²) in [6, 6.07) is 2.10. The summed E-state index contributed by atoms with van der Waals surface area (Å²) in [5, 5.41) is 3.60. The van der Waals surface area contributed by atoms with Crippen LogP contribution in [0.4, 0.5) is 0 Å². The summed E-state index contributed by atoms with van der Waals surface area (Å²) in [7, 11) is 4.43. The van der Waals surface area contributed by atoms with E-state index < -0.39 is 0 Å². The maximum atomic E-state index is 3.60. The van der Waals surface area contributed by atoms with E-state index in [4.69, 9.17) is 0 Å². The second-order valence-electron chi connectivity index (χ2n) is 8.05. The van der Waals surface area contributed by atoms with Crippen molar-refractivity contribution < 1.29 is 0 Å². The quantitative estimate of drug-likeness (QED) is 0.860. The number of nitrogens with zero attached hydrogens (tertiary/aromatic N) is 2. The zero-order valence-electron chi connectivity index (χ0n) is 15.1. The van der Waals surface area contributed by atoms with Crippen molar-refractivity contribution in [2.24, 2.45) is 17.8 Å². The molecule has 5 atom stereocenters. The largest absolute Gasteiger partial charge is 0.317 e. The first-order valence-electron chi connectivity index (χ1n) is 9.03. The number of piperazine rings is 1. The number of rotatable bonds is 4. The normalized spacial score (nSPS) is 39.9. The first-order valence-corrected chi connectivity index (χ1v) is 9.03. The number of likely N-dealkylation sites (N-methyl/N-ethyl adjacent to an activating group) is 1. The SMILES string of the molecule is CNC1CCC(C(C)C)CC1CN1CC(C)N(C)C(C)C1. The zero-order chi connectivity index (χ0) is 15.6. The summed E-state index contributed by atoms with van der Waals surface area (Å²) >= 11 is 0. The molecule has 1 aliphatic heterocycles. The van der Waals surface area contributed by atoms with Crippen LogP contribution in [0.2, 0.25) is 0 Å². The van der Waals surface area contributed by atoms with Crippen molar-refractivity contribution in [3.8, 4) is 0 Å². The Morgan fingerprint density at radius 3 is 2.24 bits per heavy atom. The molecule has 0 bridgehead atoms. The monoisotopic (exact) mass is 295 g/mol. The van der Waals surface area contributed by atoms with Gasteiger partial charge in [-0.2, -0.15) is 0 Å². The van der Waals surface area contributed by atoms with Gasteiger partial charge in [0.1, 0.15) is 0 Å². The molecule has 1 saturated heterocycles. The maximum absolute atomic E-state index is 3.60. The van der Waals surface area contributed by atoms with Gasteiger partial charge >= 0.3 is 0 Å². The maximum Gasteiger partial charge on any atom is 0.0195 e. The van der Waals surface area contributed by atoms with Crippen molar-refractivity contribution in [3.05, 3.63) is 0 Å². The second-order valence-corrected chi connectivity index (χ2v) is 8.05. The molecule has 0 aromatic heterocycles. The Morgan fingerprint density at radius 2 is 1.71 bits per heavy atom. The molecule has 5 unspecified atom stereocenters. The Balaban J connectivity index is 1.95. The number of hydrogen-bond donors (Lipinski definition) is 1. The number of nitrogens with one attached hydrogen (secondary N) is 1. The average Bonchev–Trinajstić information content (AvgIpc) is 2.44. The molecule has 1 N–H and O–H groups in total. The van der Waals surface area contributed by atoms with Crippen LogP contribution in [-0.2, 0) is 0 Å². The Bertz CT molecular complexity index is 306. The van der Waals surface area contributed by atoms with E-state index >= 15 is 0 Å². The lowest BCUT2D eigenvalue weighted by atomic mass is 9.73. The molecule has 0 spiro atoms. The molecule has 2 aliphatic rings. The lowest BCUT2D eigenvalue weighted by molar-refractivity contribution is 0.0354. The summed E-state index contributed by atoms with van der Waals surface area (Å²) in [6.07, 6.45) is 4.19. The smallest absolute Gasteiger partial charge is 0.0195 e. The number of hydrogen-bond acceptors (Lipinski definition) is 3. The van der Waals surface area contributed by atoms with Crippen LogP contribution >= 0.6 is 0 Å². The standard InChI is InChI=1S/C18H37N3/c1-13(2)16-7-8-18(19-5)17(9-16)12-21-10-14(3)20(6)15(4)11-21/h13-19H,7-12H2,1-6H3. The van der Waals surface area contributed by atoms with E-state index in [2.05, 4.69) is 56.9 Å². The molecule has 2 fully saturated rings. The molecule has 0 radical (unpaired) electrons. The average molecular weight is 296 g/mol. The zero-order valence-corrected chi connectivity index (χ0v) is 15.1. The second kappa shape index (κ2) is 7.43. The van der Waals surface area contributed by atoms with Gasteiger partial charge in [-0.1, -0.05) is 13.8 Å². The van der Waals surface area contributed by atoms with Crippen molar-refractivity contribution in [3.63, 3.8) is 0 Å². The van der Waals surface area contributed by atoms with Gasteiger partial charge in [-0.25, -0.2) is 0 Å². The third-order valence-corrected chi connectivity index (χ3v) is 6.26. The van der Waals surface area contributed by atoms with Crippen LogP contribution in [0.1, 0.15) is 47.0 Å². The molecule has 0 aromatic rings. The highest BCUT2D eigenvalue weighted by molar-refractivity contribution is 4.90. The van der Waals surface area contributed by atoms with Gasteiger partial charge < -0.3 is 5.32 Å². The van der Waals surface area contributed by atoms with Crippen LogP contribution in [0.5, 0.6) is 0 Å². The van der Waals surface area contributed by atoms with Gasteiger partial charge in [-0.15, -0.1) is 0 Å². The van der Waals surface area contributed by atoms with Gasteiger partial charge in [0.15, 0.2) is 0 Å². The molecule has 1 heterocycles. The Kier molecular flexibility index (Phi) is 6.10. The van der Waals surface area contributed by atoms with Crippen LogP contribution in [0.15, 0.2) is 0 Å². The Hall–Kier alpha value is -0.120. The van der Waals surface area contributed by atoms with E-state index in [1.54, 1.807) is 0 Å². The van der Waals surface area contributed by atoms with Crippen molar-refractivity contribution in [2.45, 2.75) is 65.1 Å². The highest BCUT2D eigenvalue weighted by atomic mass is 15.3. The van der Waals surface area contributed by atoms with Gasteiger partial charge in [0.05, 0.1) is 0 Å². The molecule has 0 amide bonds. The van der Waals surface area contributed by atoms with Crippen LogP contribution in [0.3, 0.4) is 0 Å². The van der Waals surface area contributed by atoms with E-state index in [0.29, 0.717) is 12.1 Å². The molecule has 1 saturated carbocycles. The fourth-order valence-electron chi connectivity index (χ4n) is 4.48. The molecular weight excluding hydrogens is 258 g/mol. The van der Waals surface area contributed by atoms with Gasteiger partial charge in [0.2, 0.25) is 0 Å². The summed E-state index contributed by atoms with van der Waals surface area (Å²) in [5.74, 6) is 2.61. The third kappa shape index (κ3) is 4.20. The van der Waals surface area contributed by atoms with Crippen LogP contribution < -0.4 is 5.32 Å². The highest BCUT2D eigenvalue weighted by Gasteiger charge is 2.34. The van der Waals surface area contributed by atoms with E-state index in [-0.39, 0.29) is 0 Å². The Labute approximate surface area is 132 Å². The van der Waals surface area contributed by atoms with E-state index in [1.165, 1.54) is 38.9 Å². The molecule has 1 aliphatic carbocycles. The van der Waals surface area contributed by atoms with Gasteiger partial charge in [-0.05, 0) is 65.0 Å².